The molecule has 0 saturated carbocycles. The lowest BCUT2D eigenvalue weighted by Crippen LogP contribution is -2.38. The number of hydrogen-bond acceptors (Lipinski definition) is 3. The zero-order valence-electron chi connectivity index (χ0n) is 9.56. The third-order valence-corrected chi connectivity index (χ3v) is 3.59. The molecule has 4 nitrogen and oxygen atoms in total. The van der Waals surface area contributed by atoms with E-state index >= 15 is 0 Å². The van der Waals surface area contributed by atoms with Gasteiger partial charge in [0.15, 0.2) is 0 Å². The third kappa shape index (κ3) is 4.57. The van der Waals surface area contributed by atoms with E-state index in [-0.39, 0.29) is 5.54 Å². The van der Waals surface area contributed by atoms with Crippen molar-refractivity contribution in [3.8, 4) is 0 Å². The Morgan fingerprint density at radius 1 is 1.60 bits per heavy atom. The van der Waals surface area contributed by atoms with E-state index in [9.17, 15) is 4.21 Å². The summed E-state index contributed by atoms with van der Waals surface area (Å²) in [7, 11) is -0.907. The first kappa shape index (κ1) is 12.4. The van der Waals surface area contributed by atoms with Gasteiger partial charge in [-0.1, -0.05) is 0 Å². The molecule has 1 unspecified atom stereocenters. The van der Waals surface area contributed by atoms with E-state index in [1.165, 1.54) is 0 Å². The molecule has 1 heterocycles. The molecular formula is C10H19N3OS. The van der Waals surface area contributed by atoms with Gasteiger partial charge in [0.25, 0.3) is 0 Å². The van der Waals surface area contributed by atoms with Gasteiger partial charge in [-0.25, -0.2) is 0 Å². The lowest BCUT2D eigenvalue weighted by atomic mass is 10.1. The van der Waals surface area contributed by atoms with Gasteiger partial charge >= 0.3 is 0 Å². The summed E-state index contributed by atoms with van der Waals surface area (Å²) in [6, 6.07) is 0. The minimum absolute atomic E-state index is 0.369. The fourth-order valence-corrected chi connectivity index (χ4v) is 2.76. The van der Waals surface area contributed by atoms with Gasteiger partial charge in [-0.2, -0.15) is 5.10 Å². The molecule has 86 valence electrons. The lowest BCUT2D eigenvalue weighted by Gasteiger charge is -2.16. The molecule has 0 spiro atoms. The zero-order valence-corrected chi connectivity index (χ0v) is 10.4. The number of rotatable bonds is 5. The first-order valence-electron chi connectivity index (χ1n) is 5.06. The molecule has 0 amide bonds. The maximum atomic E-state index is 11.7. The predicted octanol–water partition coefficient (Wildman–Crippen LogP) is 0.889. The van der Waals surface area contributed by atoms with Crippen LogP contribution in [0.3, 0.4) is 0 Å². The van der Waals surface area contributed by atoms with Crippen molar-refractivity contribution in [3.63, 3.8) is 0 Å². The van der Waals surface area contributed by atoms with Gasteiger partial charge < -0.3 is 5.73 Å². The van der Waals surface area contributed by atoms with Gasteiger partial charge in [0, 0.05) is 40.4 Å². The summed E-state index contributed by atoms with van der Waals surface area (Å²) in [6.45, 7) is 6.65. The number of nitrogens with zero attached hydrogens (tertiary/aromatic N) is 2. The van der Waals surface area contributed by atoms with Crippen LogP contribution >= 0.6 is 0 Å². The summed E-state index contributed by atoms with van der Waals surface area (Å²) in [5.74, 6) is 1.06. The summed E-state index contributed by atoms with van der Waals surface area (Å²) in [4.78, 5) is 0. The van der Waals surface area contributed by atoms with Crippen LogP contribution in [0, 0.1) is 0 Å². The third-order valence-electron chi connectivity index (χ3n) is 1.87. The molecule has 1 aromatic heterocycles. The minimum Gasteiger partial charge on any atom is -0.325 e. The van der Waals surface area contributed by atoms with E-state index in [0.29, 0.717) is 11.5 Å². The van der Waals surface area contributed by atoms with Gasteiger partial charge in [-0.3, -0.25) is 8.89 Å². The Balaban J connectivity index is 2.51. The molecule has 0 aliphatic heterocycles. The SMILES string of the molecule is CCn1cc(CS(=O)CC(C)(C)N)cn1. The first-order chi connectivity index (χ1) is 6.90. The Morgan fingerprint density at radius 3 is 2.73 bits per heavy atom. The number of aryl methyl sites for hydroxylation is 1. The standard InChI is InChI=1S/C10H19N3OS/c1-4-13-6-9(5-12-13)7-15(14)8-10(2,3)11/h5-6H,4,7-8,11H2,1-3H3. The van der Waals surface area contributed by atoms with Crippen molar-refractivity contribution in [1.29, 1.82) is 0 Å². The normalized spacial score (nSPS) is 14.1. The maximum absolute atomic E-state index is 11.7. The topological polar surface area (TPSA) is 60.9 Å². The molecule has 1 aromatic rings. The summed E-state index contributed by atoms with van der Waals surface area (Å²) in [6.07, 6.45) is 3.70. The van der Waals surface area contributed by atoms with Crippen LogP contribution in [-0.4, -0.2) is 25.3 Å². The average molecular weight is 229 g/mol. The van der Waals surface area contributed by atoms with Crippen LogP contribution < -0.4 is 5.73 Å². The largest absolute Gasteiger partial charge is 0.325 e. The Labute approximate surface area is 93.3 Å². The Hall–Kier alpha value is -0.680. The van der Waals surface area contributed by atoms with Gasteiger partial charge in [0.1, 0.15) is 0 Å². The first-order valence-corrected chi connectivity index (χ1v) is 6.54. The van der Waals surface area contributed by atoms with Crippen LogP contribution in [0.1, 0.15) is 26.3 Å². The van der Waals surface area contributed by atoms with E-state index in [2.05, 4.69) is 5.10 Å². The highest BCUT2D eigenvalue weighted by atomic mass is 32.2. The molecule has 0 radical (unpaired) electrons. The molecule has 0 fully saturated rings. The van der Waals surface area contributed by atoms with Gasteiger partial charge in [-0.05, 0) is 20.8 Å². The second kappa shape index (κ2) is 4.90. The van der Waals surface area contributed by atoms with Crippen molar-refractivity contribution in [2.24, 2.45) is 5.73 Å². The van der Waals surface area contributed by atoms with Crippen LogP contribution in [0.25, 0.3) is 0 Å². The van der Waals surface area contributed by atoms with Crippen molar-refractivity contribution in [1.82, 2.24) is 9.78 Å². The fraction of sp³-hybridized carbons (Fsp3) is 0.700. The van der Waals surface area contributed by atoms with Crippen LogP contribution in [-0.2, 0) is 23.1 Å². The van der Waals surface area contributed by atoms with Crippen molar-refractivity contribution in [2.45, 2.75) is 38.6 Å². The Morgan fingerprint density at radius 2 is 2.27 bits per heavy atom. The minimum atomic E-state index is -0.907. The van der Waals surface area contributed by atoms with Gasteiger partial charge in [0.2, 0.25) is 0 Å². The van der Waals surface area contributed by atoms with E-state index in [4.69, 9.17) is 5.73 Å². The van der Waals surface area contributed by atoms with Crippen molar-refractivity contribution < 1.29 is 4.21 Å². The number of hydrogen-bond donors (Lipinski definition) is 1. The molecule has 0 saturated heterocycles. The highest BCUT2D eigenvalue weighted by molar-refractivity contribution is 7.84. The second-order valence-corrected chi connectivity index (χ2v) is 5.88. The molecule has 5 heteroatoms. The van der Waals surface area contributed by atoms with Gasteiger partial charge in [0.05, 0.1) is 11.9 Å². The molecule has 1 rings (SSSR count). The molecule has 0 aliphatic rings. The second-order valence-electron chi connectivity index (χ2n) is 4.42. The molecule has 15 heavy (non-hydrogen) atoms. The Bertz CT molecular complexity index is 341. The van der Waals surface area contributed by atoms with E-state index in [1.54, 1.807) is 6.20 Å². The van der Waals surface area contributed by atoms with Crippen molar-refractivity contribution in [3.05, 3.63) is 18.0 Å². The summed E-state index contributed by atoms with van der Waals surface area (Å²) in [5.41, 5.74) is 6.45. The molecule has 1 atom stereocenters. The van der Waals surface area contributed by atoms with Crippen molar-refractivity contribution >= 4 is 10.8 Å². The fourth-order valence-electron chi connectivity index (χ4n) is 1.31. The average Bonchev–Trinajstić information content (AvgIpc) is 2.48. The number of aromatic nitrogens is 2. The Kier molecular flexibility index (Phi) is 4.04. The molecule has 0 aliphatic carbocycles. The highest BCUT2D eigenvalue weighted by Crippen LogP contribution is 2.07. The molecule has 0 aromatic carbocycles. The van der Waals surface area contributed by atoms with Crippen LogP contribution in [0.5, 0.6) is 0 Å². The van der Waals surface area contributed by atoms with Crippen LogP contribution in [0.2, 0.25) is 0 Å². The summed E-state index contributed by atoms with van der Waals surface area (Å²) < 4.78 is 13.6. The zero-order chi connectivity index (χ0) is 11.5. The summed E-state index contributed by atoms with van der Waals surface area (Å²) in [5, 5.41) is 4.14. The lowest BCUT2D eigenvalue weighted by molar-refractivity contribution is 0.577. The van der Waals surface area contributed by atoms with E-state index in [0.717, 1.165) is 12.1 Å². The maximum Gasteiger partial charge on any atom is 0.0531 e. The predicted molar refractivity (Wildman–Crippen MR) is 62.9 cm³/mol. The quantitative estimate of drug-likeness (QED) is 0.815. The van der Waals surface area contributed by atoms with E-state index < -0.39 is 10.8 Å². The van der Waals surface area contributed by atoms with Crippen molar-refractivity contribution in [2.75, 3.05) is 5.75 Å². The monoisotopic (exact) mass is 229 g/mol. The number of nitrogens with two attached hydrogens (primary N) is 1. The molecule has 2 N–H and O–H groups in total. The van der Waals surface area contributed by atoms with Crippen LogP contribution in [0.15, 0.2) is 12.4 Å². The molecular weight excluding hydrogens is 210 g/mol. The van der Waals surface area contributed by atoms with Crippen LogP contribution in [0.4, 0.5) is 0 Å². The van der Waals surface area contributed by atoms with E-state index in [1.807, 2.05) is 31.6 Å². The molecule has 0 bridgehead atoms. The highest BCUT2D eigenvalue weighted by Gasteiger charge is 2.15. The van der Waals surface area contributed by atoms with Gasteiger partial charge in [-0.15, -0.1) is 0 Å². The summed E-state index contributed by atoms with van der Waals surface area (Å²) >= 11 is 0. The smallest absolute Gasteiger partial charge is 0.0531 e.